The van der Waals surface area contributed by atoms with Gasteiger partial charge in [0.2, 0.25) is 5.91 Å². The number of ether oxygens (including phenoxy) is 1. The van der Waals surface area contributed by atoms with E-state index in [0.29, 0.717) is 11.5 Å². The Balaban J connectivity index is 2.42. The zero-order chi connectivity index (χ0) is 14.3. The standard InChI is InChI=1S/C13H17NO4S/c1-9(15)14-12(13(16)17)8-19-7-10-3-5-11(18-2)6-4-10/h3-6,12H,7-8H2,1-2H3,(H,14,15)(H,16,17)/t12-/m0/s1. The Hall–Kier alpha value is -1.69. The zero-order valence-electron chi connectivity index (χ0n) is 10.9. The van der Waals surface area contributed by atoms with Gasteiger partial charge in [0.15, 0.2) is 0 Å². The van der Waals surface area contributed by atoms with Crippen molar-refractivity contribution in [1.29, 1.82) is 0 Å². The number of thioether (sulfide) groups is 1. The lowest BCUT2D eigenvalue weighted by Crippen LogP contribution is -2.41. The van der Waals surface area contributed by atoms with E-state index in [0.717, 1.165) is 11.3 Å². The second kappa shape index (κ2) is 7.68. The van der Waals surface area contributed by atoms with Crippen LogP contribution in [0.15, 0.2) is 24.3 Å². The molecule has 0 aliphatic carbocycles. The summed E-state index contributed by atoms with van der Waals surface area (Å²) >= 11 is 1.46. The van der Waals surface area contributed by atoms with Crippen molar-refractivity contribution in [3.05, 3.63) is 29.8 Å². The molecular weight excluding hydrogens is 266 g/mol. The summed E-state index contributed by atoms with van der Waals surface area (Å²) in [5, 5.41) is 11.3. The maximum absolute atomic E-state index is 10.9. The van der Waals surface area contributed by atoms with Gasteiger partial charge in [-0.1, -0.05) is 12.1 Å². The summed E-state index contributed by atoms with van der Waals surface area (Å²) in [6, 6.07) is 6.73. The molecule has 1 atom stereocenters. The lowest BCUT2D eigenvalue weighted by Gasteiger charge is -2.12. The van der Waals surface area contributed by atoms with Crippen LogP contribution >= 0.6 is 11.8 Å². The van der Waals surface area contributed by atoms with Gasteiger partial charge in [-0.05, 0) is 17.7 Å². The van der Waals surface area contributed by atoms with Crippen LogP contribution in [0.25, 0.3) is 0 Å². The molecular formula is C13H17NO4S. The second-order valence-electron chi connectivity index (χ2n) is 3.95. The Morgan fingerprint density at radius 2 is 2.00 bits per heavy atom. The molecule has 0 aliphatic rings. The van der Waals surface area contributed by atoms with E-state index in [1.54, 1.807) is 7.11 Å². The largest absolute Gasteiger partial charge is 0.497 e. The molecule has 19 heavy (non-hydrogen) atoms. The van der Waals surface area contributed by atoms with Crippen molar-refractivity contribution >= 4 is 23.6 Å². The Bertz CT molecular complexity index is 433. The maximum Gasteiger partial charge on any atom is 0.327 e. The first-order valence-electron chi connectivity index (χ1n) is 5.73. The zero-order valence-corrected chi connectivity index (χ0v) is 11.7. The highest BCUT2D eigenvalue weighted by Crippen LogP contribution is 2.17. The molecule has 0 saturated carbocycles. The minimum Gasteiger partial charge on any atom is -0.497 e. The molecule has 0 aromatic heterocycles. The van der Waals surface area contributed by atoms with Crippen molar-refractivity contribution in [1.82, 2.24) is 5.32 Å². The highest BCUT2D eigenvalue weighted by Gasteiger charge is 2.17. The molecule has 104 valence electrons. The third kappa shape index (κ3) is 5.65. The second-order valence-corrected chi connectivity index (χ2v) is 4.98. The number of carbonyl (C=O) groups excluding carboxylic acids is 1. The third-order valence-electron chi connectivity index (χ3n) is 2.39. The molecule has 1 amide bonds. The third-order valence-corrected chi connectivity index (χ3v) is 3.49. The summed E-state index contributed by atoms with van der Waals surface area (Å²) in [4.78, 5) is 21.8. The Morgan fingerprint density at radius 1 is 1.37 bits per heavy atom. The number of carbonyl (C=O) groups is 2. The van der Waals surface area contributed by atoms with Crippen LogP contribution in [0, 0.1) is 0 Å². The molecule has 0 bridgehead atoms. The molecule has 0 unspecified atom stereocenters. The fourth-order valence-electron chi connectivity index (χ4n) is 1.44. The molecule has 0 spiro atoms. The van der Waals surface area contributed by atoms with Gasteiger partial charge in [0.25, 0.3) is 0 Å². The van der Waals surface area contributed by atoms with Crippen molar-refractivity contribution in [2.24, 2.45) is 0 Å². The highest BCUT2D eigenvalue weighted by molar-refractivity contribution is 7.98. The minimum absolute atomic E-state index is 0.334. The first-order chi connectivity index (χ1) is 9.02. The van der Waals surface area contributed by atoms with Crippen LogP contribution in [0.3, 0.4) is 0 Å². The van der Waals surface area contributed by atoms with Gasteiger partial charge in [0.1, 0.15) is 11.8 Å². The SMILES string of the molecule is COc1ccc(CSC[C@H](NC(C)=O)C(=O)O)cc1. The van der Waals surface area contributed by atoms with Gasteiger partial charge in [0, 0.05) is 18.4 Å². The van der Waals surface area contributed by atoms with E-state index in [1.807, 2.05) is 24.3 Å². The monoisotopic (exact) mass is 283 g/mol. The molecule has 1 rings (SSSR count). The molecule has 2 N–H and O–H groups in total. The van der Waals surface area contributed by atoms with Crippen LogP contribution in [0.4, 0.5) is 0 Å². The molecule has 1 aromatic rings. The smallest absolute Gasteiger partial charge is 0.327 e. The van der Waals surface area contributed by atoms with Gasteiger partial charge in [-0.15, -0.1) is 0 Å². The van der Waals surface area contributed by atoms with Crippen LogP contribution in [0.5, 0.6) is 5.75 Å². The van der Waals surface area contributed by atoms with Gasteiger partial charge < -0.3 is 15.2 Å². The number of carboxylic acids is 1. The van der Waals surface area contributed by atoms with Crippen molar-refractivity contribution in [3.8, 4) is 5.75 Å². The fourth-order valence-corrected chi connectivity index (χ4v) is 2.44. The first-order valence-corrected chi connectivity index (χ1v) is 6.89. The fraction of sp³-hybridized carbons (Fsp3) is 0.385. The quantitative estimate of drug-likeness (QED) is 0.793. The number of rotatable bonds is 7. The van der Waals surface area contributed by atoms with E-state index in [1.165, 1.54) is 18.7 Å². The van der Waals surface area contributed by atoms with Crippen LogP contribution in [-0.2, 0) is 15.3 Å². The number of methoxy groups -OCH3 is 1. The summed E-state index contributed by atoms with van der Waals surface area (Å²) in [6.07, 6.45) is 0. The number of benzene rings is 1. The first kappa shape index (κ1) is 15.4. The topological polar surface area (TPSA) is 75.6 Å². The van der Waals surface area contributed by atoms with Gasteiger partial charge in [-0.25, -0.2) is 4.79 Å². The summed E-state index contributed by atoms with van der Waals surface area (Å²) < 4.78 is 5.06. The predicted octanol–water partition coefficient (Wildman–Crippen LogP) is 1.52. The van der Waals surface area contributed by atoms with E-state index in [4.69, 9.17) is 9.84 Å². The number of hydrogen-bond donors (Lipinski definition) is 2. The van der Waals surface area contributed by atoms with E-state index >= 15 is 0 Å². The van der Waals surface area contributed by atoms with Crippen LogP contribution in [-0.4, -0.2) is 35.9 Å². The average molecular weight is 283 g/mol. The van der Waals surface area contributed by atoms with Crippen LogP contribution in [0.1, 0.15) is 12.5 Å². The average Bonchev–Trinajstić information content (AvgIpc) is 2.37. The van der Waals surface area contributed by atoms with E-state index in [-0.39, 0.29) is 5.91 Å². The van der Waals surface area contributed by atoms with Gasteiger partial charge in [-0.3, -0.25) is 4.79 Å². The molecule has 1 aromatic carbocycles. The Morgan fingerprint density at radius 3 is 2.47 bits per heavy atom. The molecule has 6 heteroatoms. The number of nitrogens with one attached hydrogen (secondary N) is 1. The summed E-state index contributed by atoms with van der Waals surface area (Å²) in [5.41, 5.74) is 1.08. The molecule has 0 radical (unpaired) electrons. The highest BCUT2D eigenvalue weighted by atomic mass is 32.2. The molecule has 0 fully saturated rings. The molecule has 0 heterocycles. The minimum atomic E-state index is -1.02. The van der Waals surface area contributed by atoms with E-state index < -0.39 is 12.0 Å². The predicted molar refractivity (Wildman–Crippen MR) is 74.4 cm³/mol. The number of aliphatic carboxylic acids is 1. The van der Waals surface area contributed by atoms with Crippen LogP contribution in [0.2, 0.25) is 0 Å². The van der Waals surface area contributed by atoms with E-state index in [2.05, 4.69) is 5.32 Å². The van der Waals surface area contributed by atoms with Crippen molar-refractivity contribution < 1.29 is 19.4 Å². The number of amides is 1. The van der Waals surface area contributed by atoms with Gasteiger partial charge >= 0.3 is 5.97 Å². The summed E-state index contributed by atoms with van der Waals surface area (Å²) in [6.45, 7) is 1.31. The summed E-state index contributed by atoms with van der Waals surface area (Å²) in [7, 11) is 1.61. The lowest BCUT2D eigenvalue weighted by atomic mass is 10.2. The normalized spacial score (nSPS) is 11.7. The Kier molecular flexibility index (Phi) is 6.21. The maximum atomic E-state index is 10.9. The van der Waals surface area contributed by atoms with E-state index in [9.17, 15) is 9.59 Å². The van der Waals surface area contributed by atoms with Gasteiger partial charge in [0.05, 0.1) is 7.11 Å². The summed E-state index contributed by atoms with van der Waals surface area (Å²) in [5.74, 6) is 0.458. The molecule has 5 nitrogen and oxygen atoms in total. The van der Waals surface area contributed by atoms with Crippen molar-refractivity contribution in [2.75, 3.05) is 12.9 Å². The van der Waals surface area contributed by atoms with Crippen LogP contribution < -0.4 is 10.1 Å². The number of hydrogen-bond acceptors (Lipinski definition) is 4. The lowest BCUT2D eigenvalue weighted by molar-refractivity contribution is -0.140. The van der Waals surface area contributed by atoms with Crippen molar-refractivity contribution in [2.45, 2.75) is 18.7 Å². The molecule has 0 aliphatic heterocycles. The number of carboxylic acid groups (broad SMARTS) is 1. The molecule has 0 saturated heterocycles. The van der Waals surface area contributed by atoms with Crippen molar-refractivity contribution in [3.63, 3.8) is 0 Å². The van der Waals surface area contributed by atoms with Gasteiger partial charge in [-0.2, -0.15) is 11.8 Å². The Labute approximate surface area is 116 Å².